The van der Waals surface area contributed by atoms with E-state index in [1.54, 1.807) is 18.2 Å². The van der Waals surface area contributed by atoms with Gasteiger partial charge in [0.05, 0.1) is 16.3 Å². The lowest BCUT2D eigenvalue weighted by Gasteiger charge is -2.09. The molecule has 0 heterocycles. The van der Waals surface area contributed by atoms with Crippen molar-refractivity contribution in [1.29, 1.82) is 0 Å². The Morgan fingerprint density at radius 3 is 2.53 bits per heavy atom. The van der Waals surface area contributed by atoms with Crippen molar-refractivity contribution in [3.63, 3.8) is 0 Å². The third kappa shape index (κ3) is 3.30. The molecule has 0 saturated heterocycles. The molecule has 2 aromatic rings. The van der Waals surface area contributed by atoms with E-state index in [9.17, 15) is 15.0 Å². The maximum atomic E-state index is 12.0. The van der Waals surface area contributed by atoms with Gasteiger partial charge in [-0.05, 0) is 52.9 Å². The van der Waals surface area contributed by atoms with Crippen molar-refractivity contribution in [2.75, 3.05) is 5.32 Å². The van der Waals surface area contributed by atoms with Gasteiger partial charge in [0.1, 0.15) is 11.5 Å². The molecule has 1 amide bonds. The maximum Gasteiger partial charge on any atom is 0.259 e. The van der Waals surface area contributed by atoms with E-state index in [4.69, 9.17) is 11.6 Å². The molecule has 0 aliphatic heterocycles. The van der Waals surface area contributed by atoms with Crippen LogP contribution in [0.5, 0.6) is 11.5 Å². The SMILES string of the molecule is O=C(Nc1ccc(I)cc1Cl)c1ccc(O)cc1O. The number of rotatable bonds is 2. The third-order valence-corrected chi connectivity index (χ3v) is 3.39. The zero-order chi connectivity index (χ0) is 14.0. The zero-order valence-corrected chi connectivity index (χ0v) is 12.4. The Kier molecular flexibility index (Phi) is 4.16. The number of anilines is 1. The number of hydrogen-bond acceptors (Lipinski definition) is 3. The first-order valence-electron chi connectivity index (χ1n) is 5.26. The molecule has 0 radical (unpaired) electrons. The molecule has 0 aliphatic rings. The molecule has 0 spiro atoms. The van der Waals surface area contributed by atoms with Gasteiger partial charge in [-0.3, -0.25) is 4.79 Å². The van der Waals surface area contributed by atoms with Gasteiger partial charge in [0.2, 0.25) is 0 Å². The highest BCUT2D eigenvalue weighted by Gasteiger charge is 2.13. The standard InChI is InChI=1S/C13H9ClINO3/c14-10-5-7(15)1-4-11(10)16-13(19)9-3-2-8(17)6-12(9)18/h1-6,17-18H,(H,16,19). The smallest absolute Gasteiger partial charge is 0.259 e. The topological polar surface area (TPSA) is 69.6 Å². The van der Waals surface area contributed by atoms with Crippen molar-refractivity contribution in [2.45, 2.75) is 0 Å². The molecule has 0 unspecified atom stereocenters. The van der Waals surface area contributed by atoms with Gasteiger partial charge in [-0.2, -0.15) is 0 Å². The predicted molar refractivity (Wildman–Crippen MR) is 81.9 cm³/mol. The summed E-state index contributed by atoms with van der Waals surface area (Å²) in [7, 11) is 0. The second kappa shape index (κ2) is 5.66. The molecule has 98 valence electrons. The summed E-state index contributed by atoms with van der Waals surface area (Å²) in [5, 5.41) is 21.8. The second-order valence-electron chi connectivity index (χ2n) is 3.78. The minimum Gasteiger partial charge on any atom is -0.508 e. The Bertz CT molecular complexity index is 646. The number of halogens is 2. The van der Waals surface area contributed by atoms with Crippen LogP contribution in [0.3, 0.4) is 0 Å². The van der Waals surface area contributed by atoms with E-state index in [0.29, 0.717) is 10.7 Å². The molecule has 0 saturated carbocycles. The van der Waals surface area contributed by atoms with Crippen LogP contribution >= 0.6 is 34.2 Å². The Hall–Kier alpha value is -1.47. The van der Waals surface area contributed by atoms with Crippen LogP contribution in [0.4, 0.5) is 5.69 Å². The fraction of sp³-hybridized carbons (Fsp3) is 0. The van der Waals surface area contributed by atoms with Crippen LogP contribution in [0.25, 0.3) is 0 Å². The molecule has 0 aromatic heterocycles. The molecule has 0 aliphatic carbocycles. The van der Waals surface area contributed by atoms with Crippen LogP contribution in [0.15, 0.2) is 36.4 Å². The molecule has 4 nitrogen and oxygen atoms in total. The third-order valence-electron chi connectivity index (χ3n) is 2.41. The minimum absolute atomic E-state index is 0.0624. The summed E-state index contributed by atoms with van der Waals surface area (Å²) in [4.78, 5) is 12.0. The molecular weight excluding hydrogens is 381 g/mol. The lowest BCUT2D eigenvalue weighted by atomic mass is 10.1. The van der Waals surface area contributed by atoms with Crippen LogP contribution < -0.4 is 5.32 Å². The normalized spacial score (nSPS) is 10.2. The molecule has 2 rings (SSSR count). The van der Waals surface area contributed by atoms with Crippen molar-refractivity contribution in [3.8, 4) is 11.5 Å². The number of carbonyl (C=O) groups excluding carboxylic acids is 1. The van der Waals surface area contributed by atoms with Crippen LogP contribution in [-0.2, 0) is 0 Å². The highest BCUT2D eigenvalue weighted by Crippen LogP contribution is 2.27. The van der Waals surface area contributed by atoms with Crippen molar-refractivity contribution in [2.24, 2.45) is 0 Å². The Morgan fingerprint density at radius 1 is 1.16 bits per heavy atom. The van der Waals surface area contributed by atoms with Gasteiger partial charge in [-0.25, -0.2) is 0 Å². The highest BCUT2D eigenvalue weighted by atomic mass is 127. The quantitative estimate of drug-likeness (QED) is 0.687. The summed E-state index contributed by atoms with van der Waals surface area (Å²) in [6, 6.07) is 8.96. The molecule has 0 atom stereocenters. The van der Waals surface area contributed by atoms with Gasteiger partial charge in [-0.1, -0.05) is 11.6 Å². The molecule has 0 fully saturated rings. The number of carbonyl (C=O) groups is 1. The fourth-order valence-electron chi connectivity index (χ4n) is 1.49. The van der Waals surface area contributed by atoms with Crippen LogP contribution in [0, 0.1) is 3.57 Å². The summed E-state index contributed by atoms with van der Waals surface area (Å²) in [5.74, 6) is -0.902. The second-order valence-corrected chi connectivity index (χ2v) is 5.43. The molecule has 0 bridgehead atoms. The number of phenols is 2. The van der Waals surface area contributed by atoms with Gasteiger partial charge in [-0.15, -0.1) is 0 Å². The molecule has 6 heteroatoms. The van der Waals surface area contributed by atoms with Crippen molar-refractivity contribution in [3.05, 3.63) is 50.6 Å². The van der Waals surface area contributed by atoms with E-state index in [2.05, 4.69) is 27.9 Å². The van der Waals surface area contributed by atoms with E-state index in [-0.39, 0.29) is 17.1 Å². The van der Waals surface area contributed by atoms with E-state index in [0.717, 1.165) is 9.64 Å². The summed E-state index contributed by atoms with van der Waals surface area (Å²) in [6.45, 7) is 0. The van der Waals surface area contributed by atoms with Crippen LogP contribution in [-0.4, -0.2) is 16.1 Å². The lowest BCUT2D eigenvalue weighted by molar-refractivity contribution is 0.102. The largest absolute Gasteiger partial charge is 0.508 e. The fourth-order valence-corrected chi connectivity index (χ4v) is 2.40. The Balaban J connectivity index is 2.25. The van der Waals surface area contributed by atoms with Crippen LogP contribution in [0.1, 0.15) is 10.4 Å². The molecule has 3 N–H and O–H groups in total. The van der Waals surface area contributed by atoms with Gasteiger partial charge >= 0.3 is 0 Å². The first-order chi connectivity index (χ1) is 8.97. The monoisotopic (exact) mass is 389 g/mol. The van der Waals surface area contributed by atoms with Crippen LogP contribution in [0.2, 0.25) is 5.02 Å². The number of amides is 1. The van der Waals surface area contributed by atoms with Crippen molar-refractivity contribution >= 4 is 45.8 Å². The summed E-state index contributed by atoms with van der Waals surface area (Å²) < 4.78 is 0.952. The summed E-state index contributed by atoms with van der Waals surface area (Å²) in [6.07, 6.45) is 0. The number of phenolic OH excluding ortho intramolecular Hbond substituents is 2. The number of aromatic hydroxyl groups is 2. The summed E-state index contributed by atoms with van der Waals surface area (Å²) >= 11 is 8.12. The number of benzene rings is 2. The average molecular weight is 390 g/mol. The maximum absolute atomic E-state index is 12.0. The van der Waals surface area contributed by atoms with Gasteiger partial charge in [0.15, 0.2) is 0 Å². The van der Waals surface area contributed by atoms with E-state index in [1.165, 1.54) is 12.1 Å². The van der Waals surface area contributed by atoms with Gasteiger partial charge < -0.3 is 15.5 Å². The molecular formula is C13H9ClINO3. The molecule has 2 aromatic carbocycles. The van der Waals surface area contributed by atoms with Crippen molar-refractivity contribution < 1.29 is 15.0 Å². The number of hydrogen-bond donors (Lipinski definition) is 3. The van der Waals surface area contributed by atoms with E-state index in [1.807, 2.05) is 0 Å². The van der Waals surface area contributed by atoms with Crippen molar-refractivity contribution in [1.82, 2.24) is 0 Å². The Morgan fingerprint density at radius 2 is 1.89 bits per heavy atom. The first-order valence-corrected chi connectivity index (χ1v) is 6.71. The minimum atomic E-state index is -0.499. The molecule has 19 heavy (non-hydrogen) atoms. The van der Waals surface area contributed by atoms with E-state index < -0.39 is 5.91 Å². The first kappa shape index (κ1) is 14.0. The van der Waals surface area contributed by atoms with Gasteiger partial charge in [0, 0.05) is 9.64 Å². The highest BCUT2D eigenvalue weighted by molar-refractivity contribution is 14.1. The number of nitrogens with one attached hydrogen (secondary N) is 1. The predicted octanol–water partition coefficient (Wildman–Crippen LogP) is 3.61. The Labute approximate surface area is 128 Å². The summed E-state index contributed by atoms with van der Waals surface area (Å²) in [5.41, 5.74) is 0.520. The van der Waals surface area contributed by atoms with Gasteiger partial charge in [0.25, 0.3) is 5.91 Å². The van der Waals surface area contributed by atoms with E-state index >= 15 is 0 Å². The average Bonchev–Trinajstić information content (AvgIpc) is 2.32. The lowest BCUT2D eigenvalue weighted by Crippen LogP contribution is -2.12. The zero-order valence-electron chi connectivity index (χ0n) is 9.52.